The lowest BCUT2D eigenvalue weighted by Gasteiger charge is -2.27. The fourth-order valence-electron chi connectivity index (χ4n) is 2.23. The van der Waals surface area contributed by atoms with Gasteiger partial charge in [-0.15, -0.1) is 11.3 Å². The first-order chi connectivity index (χ1) is 9.29. The molecule has 19 heavy (non-hydrogen) atoms. The molecule has 0 radical (unpaired) electrons. The van der Waals surface area contributed by atoms with Gasteiger partial charge in [-0.1, -0.05) is 36.4 Å². The second-order valence-electron chi connectivity index (χ2n) is 4.89. The zero-order valence-electron chi connectivity index (χ0n) is 11.5. The molecule has 0 spiro atoms. The van der Waals surface area contributed by atoms with Gasteiger partial charge < -0.3 is 10.6 Å². The molecular weight excluding hydrogens is 252 g/mol. The normalized spacial score (nSPS) is 12.8. The van der Waals surface area contributed by atoms with E-state index in [0.29, 0.717) is 12.6 Å². The smallest absolute Gasteiger partial charge is 0.0255 e. The van der Waals surface area contributed by atoms with Gasteiger partial charge in [0.05, 0.1) is 0 Å². The van der Waals surface area contributed by atoms with E-state index in [4.69, 9.17) is 5.73 Å². The van der Waals surface area contributed by atoms with E-state index < -0.39 is 0 Å². The Morgan fingerprint density at radius 2 is 1.95 bits per heavy atom. The zero-order chi connectivity index (χ0) is 13.5. The van der Waals surface area contributed by atoms with Crippen LogP contribution in [0.25, 0.3) is 0 Å². The number of nitrogens with zero attached hydrogens (tertiary/aromatic N) is 1. The quantitative estimate of drug-likeness (QED) is 0.841. The van der Waals surface area contributed by atoms with Crippen molar-refractivity contribution >= 4 is 11.3 Å². The van der Waals surface area contributed by atoms with Gasteiger partial charge in [-0.2, -0.15) is 0 Å². The molecule has 0 saturated carbocycles. The lowest BCUT2D eigenvalue weighted by molar-refractivity contribution is 0.248. The molecule has 0 fully saturated rings. The lowest BCUT2D eigenvalue weighted by Crippen LogP contribution is -2.40. The van der Waals surface area contributed by atoms with Gasteiger partial charge >= 0.3 is 0 Å². The van der Waals surface area contributed by atoms with Crippen LogP contribution < -0.4 is 5.73 Å². The van der Waals surface area contributed by atoms with Crippen molar-refractivity contribution in [1.82, 2.24) is 4.90 Å². The van der Waals surface area contributed by atoms with Gasteiger partial charge in [0.25, 0.3) is 0 Å². The van der Waals surface area contributed by atoms with Gasteiger partial charge in [0.15, 0.2) is 0 Å². The molecule has 0 aliphatic rings. The molecule has 2 nitrogen and oxygen atoms in total. The summed E-state index contributed by atoms with van der Waals surface area (Å²) in [7, 11) is 2.17. The van der Waals surface area contributed by atoms with E-state index in [9.17, 15) is 0 Å². The zero-order valence-corrected chi connectivity index (χ0v) is 12.3. The second-order valence-corrected chi connectivity index (χ2v) is 5.92. The highest BCUT2D eigenvalue weighted by atomic mass is 32.1. The highest BCUT2D eigenvalue weighted by molar-refractivity contribution is 7.09. The van der Waals surface area contributed by atoms with E-state index in [1.54, 1.807) is 0 Å². The predicted molar refractivity (Wildman–Crippen MR) is 83.6 cm³/mol. The van der Waals surface area contributed by atoms with E-state index in [2.05, 4.69) is 59.8 Å². The van der Waals surface area contributed by atoms with E-state index in [1.165, 1.54) is 10.4 Å². The third-order valence-electron chi connectivity index (χ3n) is 3.50. The topological polar surface area (TPSA) is 29.3 Å². The molecule has 2 aromatic rings. The minimum atomic E-state index is 0.419. The van der Waals surface area contributed by atoms with Gasteiger partial charge in [0.2, 0.25) is 0 Å². The van der Waals surface area contributed by atoms with Crippen LogP contribution in [0.15, 0.2) is 47.8 Å². The van der Waals surface area contributed by atoms with E-state index in [-0.39, 0.29) is 0 Å². The summed E-state index contributed by atoms with van der Waals surface area (Å²) < 4.78 is 0. The molecule has 1 aromatic carbocycles. The number of likely N-dealkylation sites (N-methyl/N-ethyl adjacent to an activating group) is 1. The number of rotatable bonds is 7. The standard InChI is InChI=1S/C16H22N2S/c1-18(10-9-16-8-5-11-19-16)15(13-17)12-14-6-3-2-4-7-14/h2-8,11,15H,9-10,12-13,17H2,1H3. The summed E-state index contributed by atoms with van der Waals surface area (Å²) in [5.74, 6) is 0. The largest absolute Gasteiger partial charge is 0.329 e. The molecule has 2 rings (SSSR count). The van der Waals surface area contributed by atoms with Crippen molar-refractivity contribution in [3.8, 4) is 0 Å². The van der Waals surface area contributed by atoms with Crippen LogP contribution in [0.1, 0.15) is 10.4 Å². The number of nitrogens with two attached hydrogens (primary N) is 1. The molecule has 0 aliphatic carbocycles. The maximum Gasteiger partial charge on any atom is 0.0255 e. The first-order valence-corrected chi connectivity index (χ1v) is 7.64. The first-order valence-electron chi connectivity index (χ1n) is 6.76. The molecule has 102 valence electrons. The van der Waals surface area contributed by atoms with Crippen molar-refractivity contribution in [1.29, 1.82) is 0 Å². The van der Waals surface area contributed by atoms with Crippen molar-refractivity contribution in [3.63, 3.8) is 0 Å². The van der Waals surface area contributed by atoms with Crippen molar-refractivity contribution in [3.05, 3.63) is 58.3 Å². The molecule has 1 heterocycles. The van der Waals surface area contributed by atoms with Gasteiger partial charge in [-0.3, -0.25) is 0 Å². The maximum atomic E-state index is 5.93. The van der Waals surface area contributed by atoms with Crippen LogP contribution in [0.5, 0.6) is 0 Å². The second kappa shape index (κ2) is 7.43. The molecular formula is C16H22N2S. The Morgan fingerprint density at radius 3 is 2.58 bits per heavy atom. The van der Waals surface area contributed by atoms with Gasteiger partial charge in [0.1, 0.15) is 0 Å². The number of hydrogen-bond donors (Lipinski definition) is 1. The summed E-state index contributed by atoms with van der Waals surface area (Å²) in [6.07, 6.45) is 2.14. The minimum Gasteiger partial charge on any atom is -0.329 e. The summed E-state index contributed by atoms with van der Waals surface area (Å²) >= 11 is 1.83. The summed E-state index contributed by atoms with van der Waals surface area (Å²) in [4.78, 5) is 3.83. The van der Waals surface area contributed by atoms with E-state index >= 15 is 0 Å². The Balaban J connectivity index is 1.86. The Bertz CT molecular complexity index is 453. The fraction of sp³-hybridized carbons (Fsp3) is 0.375. The molecule has 0 aliphatic heterocycles. The van der Waals surface area contributed by atoms with Crippen molar-refractivity contribution in [2.24, 2.45) is 5.73 Å². The molecule has 3 heteroatoms. The molecule has 1 aromatic heterocycles. The number of hydrogen-bond acceptors (Lipinski definition) is 3. The van der Waals surface area contributed by atoms with Crippen LogP contribution >= 0.6 is 11.3 Å². The summed E-state index contributed by atoms with van der Waals surface area (Å²) in [5, 5.41) is 2.14. The van der Waals surface area contributed by atoms with Crippen LogP contribution in [0.2, 0.25) is 0 Å². The van der Waals surface area contributed by atoms with Crippen LogP contribution in [0.4, 0.5) is 0 Å². The van der Waals surface area contributed by atoms with Gasteiger partial charge in [0, 0.05) is 24.0 Å². The minimum absolute atomic E-state index is 0.419. The first kappa shape index (κ1) is 14.3. The molecule has 2 N–H and O–H groups in total. The van der Waals surface area contributed by atoms with Crippen LogP contribution in [-0.2, 0) is 12.8 Å². The molecule has 0 amide bonds. The van der Waals surface area contributed by atoms with Crippen molar-refractivity contribution < 1.29 is 0 Å². The van der Waals surface area contributed by atoms with Crippen LogP contribution in [0.3, 0.4) is 0 Å². The summed E-state index contributed by atoms with van der Waals surface area (Å²) in [6.45, 7) is 1.77. The highest BCUT2D eigenvalue weighted by Crippen LogP contribution is 2.12. The van der Waals surface area contributed by atoms with Gasteiger partial charge in [-0.05, 0) is 36.9 Å². The molecule has 1 atom stereocenters. The summed E-state index contributed by atoms with van der Waals surface area (Å²) in [6, 6.07) is 15.3. The molecule has 0 bridgehead atoms. The number of thiophene rings is 1. The monoisotopic (exact) mass is 274 g/mol. The van der Waals surface area contributed by atoms with E-state index in [0.717, 1.165) is 19.4 Å². The molecule has 1 unspecified atom stereocenters. The Labute approximate surface area is 119 Å². The SMILES string of the molecule is CN(CCc1cccs1)C(CN)Cc1ccccc1. The average molecular weight is 274 g/mol. The number of benzene rings is 1. The average Bonchev–Trinajstić information content (AvgIpc) is 2.96. The van der Waals surface area contributed by atoms with E-state index in [1.807, 2.05) is 11.3 Å². The third-order valence-corrected chi connectivity index (χ3v) is 4.44. The highest BCUT2D eigenvalue weighted by Gasteiger charge is 2.13. The Hall–Kier alpha value is -1.16. The third kappa shape index (κ3) is 4.46. The van der Waals surface area contributed by atoms with Crippen molar-refractivity contribution in [2.45, 2.75) is 18.9 Å². The van der Waals surface area contributed by atoms with Gasteiger partial charge in [-0.25, -0.2) is 0 Å². The van der Waals surface area contributed by atoms with Crippen molar-refractivity contribution in [2.75, 3.05) is 20.1 Å². The lowest BCUT2D eigenvalue weighted by atomic mass is 10.0. The summed E-state index contributed by atoms with van der Waals surface area (Å²) in [5.41, 5.74) is 7.29. The predicted octanol–water partition coefficient (Wildman–Crippen LogP) is 2.79. The Morgan fingerprint density at radius 1 is 1.16 bits per heavy atom. The Kier molecular flexibility index (Phi) is 5.58. The van der Waals surface area contributed by atoms with Crippen LogP contribution in [0, 0.1) is 0 Å². The van der Waals surface area contributed by atoms with Crippen LogP contribution in [-0.4, -0.2) is 31.1 Å². The maximum absolute atomic E-state index is 5.93. The molecule has 0 saturated heterocycles. The fourth-order valence-corrected chi connectivity index (χ4v) is 2.93.